The van der Waals surface area contributed by atoms with Gasteiger partial charge in [0.25, 0.3) is 0 Å². The van der Waals surface area contributed by atoms with Crippen molar-refractivity contribution in [2.24, 2.45) is 0 Å². The van der Waals surface area contributed by atoms with E-state index in [1.807, 2.05) is 25.1 Å². The van der Waals surface area contributed by atoms with Crippen LogP contribution in [0.1, 0.15) is 32.8 Å². The van der Waals surface area contributed by atoms with Crippen LogP contribution in [0.3, 0.4) is 0 Å². The van der Waals surface area contributed by atoms with Gasteiger partial charge >= 0.3 is 0 Å². The molecule has 1 rings (SSSR count). The molecule has 4 nitrogen and oxygen atoms in total. The monoisotopic (exact) mass is 267 g/mol. The van der Waals surface area contributed by atoms with E-state index >= 15 is 0 Å². The Morgan fingerprint density at radius 3 is 2.47 bits per heavy atom. The molecule has 2 atom stereocenters. The van der Waals surface area contributed by atoms with Crippen molar-refractivity contribution in [3.05, 3.63) is 23.8 Å². The molecule has 0 spiro atoms. The second kappa shape index (κ2) is 6.78. The summed E-state index contributed by atoms with van der Waals surface area (Å²) in [6, 6.07) is 5.92. The maximum absolute atomic E-state index is 9.81. The lowest BCUT2D eigenvalue weighted by molar-refractivity contribution is 0.159. The number of aliphatic hydroxyl groups excluding tert-OH is 1. The van der Waals surface area contributed by atoms with Crippen LogP contribution in [-0.4, -0.2) is 32.0 Å². The highest BCUT2D eigenvalue weighted by Gasteiger charge is 2.30. The molecule has 0 aliphatic rings. The van der Waals surface area contributed by atoms with Crippen LogP contribution in [0, 0.1) is 0 Å². The van der Waals surface area contributed by atoms with E-state index in [1.54, 1.807) is 14.2 Å². The summed E-state index contributed by atoms with van der Waals surface area (Å²) in [5.41, 5.74) is 0.340. The maximum atomic E-state index is 9.81. The van der Waals surface area contributed by atoms with E-state index in [9.17, 15) is 5.11 Å². The lowest BCUT2D eigenvalue weighted by Gasteiger charge is -2.33. The Balaban J connectivity index is 3.21. The third-order valence-electron chi connectivity index (χ3n) is 3.49. The minimum Gasteiger partial charge on any atom is -0.497 e. The molecule has 0 aromatic heterocycles. The van der Waals surface area contributed by atoms with Crippen molar-refractivity contribution in [3.8, 4) is 11.5 Å². The topological polar surface area (TPSA) is 50.7 Å². The molecule has 0 aliphatic carbocycles. The summed E-state index contributed by atoms with van der Waals surface area (Å²) in [5.74, 6) is 1.49. The summed E-state index contributed by atoms with van der Waals surface area (Å²) in [7, 11) is 3.26. The average Bonchev–Trinajstić information content (AvgIpc) is 2.46. The SMILES string of the molecule is CCC(C)NC(C)(CO)c1cc(OC)ccc1OC. The van der Waals surface area contributed by atoms with Gasteiger partial charge in [-0.15, -0.1) is 0 Å². The summed E-state index contributed by atoms with van der Waals surface area (Å²) in [5, 5.41) is 13.3. The Morgan fingerprint density at radius 2 is 2.00 bits per heavy atom. The van der Waals surface area contributed by atoms with Crippen LogP contribution in [0.2, 0.25) is 0 Å². The molecule has 1 aromatic rings. The Kier molecular flexibility index (Phi) is 5.63. The van der Waals surface area contributed by atoms with Gasteiger partial charge in [0, 0.05) is 11.6 Å². The largest absolute Gasteiger partial charge is 0.497 e. The predicted octanol–water partition coefficient (Wildman–Crippen LogP) is 2.30. The molecule has 0 saturated heterocycles. The average molecular weight is 267 g/mol. The van der Waals surface area contributed by atoms with Crippen molar-refractivity contribution in [2.75, 3.05) is 20.8 Å². The fourth-order valence-electron chi connectivity index (χ4n) is 2.10. The number of nitrogens with one attached hydrogen (secondary N) is 1. The third kappa shape index (κ3) is 3.61. The van der Waals surface area contributed by atoms with E-state index in [0.29, 0.717) is 6.04 Å². The van der Waals surface area contributed by atoms with Gasteiger partial charge in [0.1, 0.15) is 11.5 Å². The molecule has 0 heterocycles. The molecule has 108 valence electrons. The Hall–Kier alpha value is -1.26. The first-order valence-corrected chi connectivity index (χ1v) is 6.61. The first-order chi connectivity index (χ1) is 9.00. The molecule has 0 aliphatic heterocycles. The van der Waals surface area contributed by atoms with Gasteiger partial charge in [-0.2, -0.15) is 0 Å². The van der Waals surface area contributed by atoms with Crippen LogP contribution in [0.5, 0.6) is 11.5 Å². The number of benzene rings is 1. The second-order valence-corrected chi connectivity index (χ2v) is 5.01. The molecule has 0 saturated carbocycles. The number of hydrogen-bond donors (Lipinski definition) is 2. The van der Waals surface area contributed by atoms with E-state index in [-0.39, 0.29) is 6.61 Å². The number of methoxy groups -OCH3 is 2. The lowest BCUT2D eigenvalue weighted by atomic mass is 9.90. The van der Waals surface area contributed by atoms with Crippen molar-refractivity contribution in [3.63, 3.8) is 0 Å². The molecule has 2 N–H and O–H groups in total. The molecule has 2 unspecified atom stereocenters. The second-order valence-electron chi connectivity index (χ2n) is 5.01. The van der Waals surface area contributed by atoms with Crippen molar-refractivity contribution in [2.45, 2.75) is 38.8 Å². The molecule has 0 amide bonds. The minimum atomic E-state index is -0.560. The van der Waals surface area contributed by atoms with Gasteiger partial charge < -0.3 is 19.9 Å². The van der Waals surface area contributed by atoms with Gasteiger partial charge in [-0.3, -0.25) is 0 Å². The molecule has 0 radical (unpaired) electrons. The van der Waals surface area contributed by atoms with Crippen molar-refractivity contribution in [1.29, 1.82) is 0 Å². The van der Waals surface area contributed by atoms with Crippen LogP contribution in [0.4, 0.5) is 0 Å². The molecular weight excluding hydrogens is 242 g/mol. The Bertz CT molecular complexity index is 408. The maximum Gasteiger partial charge on any atom is 0.124 e. The van der Waals surface area contributed by atoms with E-state index in [2.05, 4.69) is 19.2 Å². The van der Waals surface area contributed by atoms with E-state index < -0.39 is 5.54 Å². The summed E-state index contributed by atoms with van der Waals surface area (Å²) >= 11 is 0. The van der Waals surface area contributed by atoms with Crippen LogP contribution in [0.15, 0.2) is 18.2 Å². The normalized spacial score (nSPS) is 15.7. The smallest absolute Gasteiger partial charge is 0.124 e. The number of ether oxygens (including phenoxy) is 2. The highest BCUT2D eigenvalue weighted by molar-refractivity contribution is 5.44. The highest BCUT2D eigenvalue weighted by Crippen LogP contribution is 2.33. The highest BCUT2D eigenvalue weighted by atomic mass is 16.5. The van der Waals surface area contributed by atoms with Crippen LogP contribution >= 0.6 is 0 Å². The van der Waals surface area contributed by atoms with Gasteiger partial charge in [-0.25, -0.2) is 0 Å². The fourth-order valence-corrected chi connectivity index (χ4v) is 2.10. The van der Waals surface area contributed by atoms with Gasteiger partial charge in [0.05, 0.1) is 26.4 Å². The molecular formula is C15H25NO3. The first-order valence-electron chi connectivity index (χ1n) is 6.61. The van der Waals surface area contributed by atoms with E-state index in [1.165, 1.54) is 0 Å². The lowest BCUT2D eigenvalue weighted by Crippen LogP contribution is -2.47. The van der Waals surface area contributed by atoms with Gasteiger partial charge in [-0.1, -0.05) is 6.92 Å². The predicted molar refractivity (Wildman–Crippen MR) is 76.9 cm³/mol. The summed E-state index contributed by atoms with van der Waals surface area (Å²) in [6.07, 6.45) is 0.988. The van der Waals surface area contributed by atoms with Gasteiger partial charge in [0.15, 0.2) is 0 Å². The third-order valence-corrected chi connectivity index (χ3v) is 3.49. The Morgan fingerprint density at radius 1 is 1.32 bits per heavy atom. The van der Waals surface area contributed by atoms with Crippen molar-refractivity contribution >= 4 is 0 Å². The minimum absolute atomic E-state index is 0.0130. The van der Waals surface area contributed by atoms with Crippen LogP contribution in [-0.2, 0) is 5.54 Å². The summed E-state index contributed by atoms with van der Waals surface area (Å²) in [6.45, 7) is 6.16. The zero-order chi connectivity index (χ0) is 14.5. The van der Waals surface area contributed by atoms with Gasteiger partial charge in [0.2, 0.25) is 0 Å². The molecule has 1 aromatic carbocycles. The molecule has 19 heavy (non-hydrogen) atoms. The quantitative estimate of drug-likeness (QED) is 0.796. The van der Waals surface area contributed by atoms with Crippen LogP contribution < -0.4 is 14.8 Å². The Labute approximate surface area is 115 Å². The van der Waals surface area contributed by atoms with Crippen molar-refractivity contribution in [1.82, 2.24) is 5.32 Å². The number of rotatable bonds is 7. The summed E-state index contributed by atoms with van der Waals surface area (Å²) in [4.78, 5) is 0. The fraction of sp³-hybridized carbons (Fsp3) is 0.600. The molecule has 0 bridgehead atoms. The molecule has 0 fully saturated rings. The number of hydrogen-bond acceptors (Lipinski definition) is 4. The van der Waals surface area contributed by atoms with E-state index in [4.69, 9.17) is 9.47 Å². The zero-order valence-corrected chi connectivity index (χ0v) is 12.5. The number of aliphatic hydroxyl groups is 1. The zero-order valence-electron chi connectivity index (χ0n) is 12.5. The van der Waals surface area contributed by atoms with E-state index in [0.717, 1.165) is 23.5 Å². The van der Waals surface area contributed by atoms with Gasteiger partial charge in [-0.05, 0) is 38.5 Å². The first kappa shape index (κ1) is 15.8. The van der Waals surface area contributed by atoms with Crippen LogP contribution in [0.25, 0.3) is 0 Å². The summed E-state index contributed by atoms with van der Waals surface area (Å²) < 4.78 is 10.7. The standard InChI is InChI=1S/C15H25NO3/c1-6-11(2)16-15(3,10-17)13-9-12(18-4)7-8-14(13)19-5/h7-9,11,16-17H,6,10H2,1-5H3. The van der Waals surface area contributed by atoms with Crippen molar-refractivity contribution < 1.29 is 14.6 Å². The molecule has 4 heteroatoms.